The Kier molecular flexibility index (Phi) is 3.41. The summed E-state index contributed by atoms with van der Waals surface area (Å²) in [6.07, 6.45) is 1.81. The van der Waals surface area contributed by atoms with Crippen molar-refractivity contribution in [1.29, 1.82) is 0 Å². The van der Waals surface area contributed by atoms with Crippen molar-refractivity contribution in [2.75, 3.05) is 6.54 Å². The third kappa shape index (κ3) is 2.18. The Balaban J connectivity index is 2.44. The van der Waals surface area contributed by atoms with Gasteiger partial charge in [-0.15, -0.1) is 0 Å². The lowest BCUT2D eigenvalue weighted by atomic mass is 10.1. The second-order valence-corrected chi connectivity index (χ2v) is 4.67. The first-order valence-electron chi connectivity index (χ1n) is 5.22. The molecule has 2 aromatic rings. The smallest absolute Gasteiger partial charge is 0.0686 e. The van der Waals surface area contributed by atoms with Crippen LogP contribution in [0.2, 0.25) is 0 Å². The number of nitrogens with zero attached hydrogens (tertiary/aromatic N) is 2. The van der Waals surface area contributed by atoms with Crippen molar-refractivity contribution in [3.05, 3.63) is 41.0 Å². The summed E-state index contributed by atoms with van der Waals surface area (Å²) in [7, 11) is 0. The van der Waals surface area contributed by atoms with E-state index in [2.05, 4.69) is 40.1 Å². The highest BCUT2D eigenvalue weighted by atomic mass is 79.9. The Morgan fingerprint density at radius 1 is 1.44 bits per heavy atom. The van der Waals surface area contributed by atoms with Crippen LogP contribution in [0.15, 0.2) is 41.0 Å². The lowest BCUT2D eigenvalue weighted by molar-refractivity contribution is 0.506. The van der Waals surface area contributed by atoms with E-state index in [1.807, 2.05) is 29.1 Å². The third-order valence-electron chi connectivity index (χ3n) is 2.55. The highest BCUT2D eigenvalue weighted by Gasteiger charge is 2.10. The number of aromatic nitrogens is 2. The molecule has 16 heavy (non-hydrogen) atoms. The SMILES string of the molecule is CC(CN)n1nccc1-c1cccc(Br)c1. The number of nitrogens with two attached hydrogens (primary N) is 1. The van der Waals surface area contributed by atoms with Crippen molar-refractivity contribution in [3.8, 4) is 11.3 Å². The first-order valence-corrected chi connectivity index (χ1v) is 6.01. The van der Waals surface area contributed by atoms with Crippen LogP contribution in [0.1, 0.15) is 13.0 Å². The van der Waals surface area contributed by atoms with E-state index in [0.29, 0.717) is 6.54 Å². The summed E-state index contributed by atoms with van der Waals surface area (Å²) in [5, 5.41) is 4.31. The minimum absolute atomic E-state index is 0.212. The van der Waals surface area contributed by atoms with E-state index in [9.17, 15) is 0 Å². The van der Waals surface area contributed by atoms with Crippen LogP contribution in [0, 0.1) is 0 Å². The van der Waals surface area contributed by atoms with Crippen LogP contribution in [-0.4, -0.2) is 16.3 Å². The van der Waals surface area contributed by atoms with Crippen LogP contribution in [0.4, 0.5) is 0 Å². The van der Waals surface area contributed by atoms with E-state index in [-0.39, 0.29) is 6.04 Å². The fourth-order valence-electron chi connectivity index (χ4n) is 1.64. The molecule has 1 unspecified atom stereocenters. The minimum Gasteiger partial charge on any atom is -0.328 e. The van der Waals surface area contributed by atoms with Gasteiger partial charge in [-0.25, -0.2) is 0 Å². The molecule has 1 atom stereocenters. The summed E-state index contributed by atoms with van der Waals surface area (Å²) < 4.78 is 3.03. The van der Waals surface area contributed by atoms with Gasteiger partial charge in [0, 0.05) is 22.8 Å². The number of benzene rings is 1. The molecule has 0 saturated carbocycles. The largest absolute Gasteiger partial charge is 0.328 e. The van der Waals surface area contributed by atoms with Gasteiger partial charge >= 0.3 is 0 Å². The number of hydrogen-bond acceptors (Lipinski definition) is 2. The molecule has 0 radical (unpaired) electrons. The van der Waals surface area contributed by atoms with E-state index in [4.69, 9.17) is 5.73 Å². The van der Waals surface area contributed by atoms with Crippen LogP contribution in [0.25, 0.3) is 11.3 Å². The molecule has 1 aromatic carbocycles. The fraction of sp³-hybridized carbons (Fsp3) is 0.250. The highest BCUT2D eigenvalue weighted by molar-refractivity contribution is 9.10. The lowest BCUT2D eigenvalue weighted by Crippen LogP contribution is -2.17. The predicted molar refractivity (Wildman–Crippen MR) is 69.1 cm³/mol. The van der Waals surface area contributed by atoms with Gasteiger partial charge in [-0.3, -0.25) is 4.68 Å². The van der Waals surface area contributed by atoms with Crippen molar-refractivity contribution in [2.24, 2.45) is 5.73 Å². The molecular formula is C12H14BrN3. The maximum absolute atomic E-state index is 5.67. The quantitative estimate of drug-likeness (QED) is 0.939. The fourth-order valence-corrected chi connectivity index (χ4v) is 2.04. The number of halogens is 1. The first kappa shape index (κ1) is 11.4. The molecule has 1 aromatic heterocycles. The molecule has 0 aliphatic carbocycles. The summed E-state index contributed by atoms with van der Waals surface area (Å²) in [6.45, 7) is 2.65. The Hall–Kier alpha value is -1.13. The van der Waals surface area contributed by atoms with Gasteiger partial charge in [0.25, 0.3) is 0 Å². The van der Waals surface area contributed by atoms with Crippen LogP contribution >= 0.6 is 15.9 Å². The summed E-state index contributed by atoms with van der Waals surface area (Å²) in [5.74, 6) is 0. The van der Waals surface area contributed by atoms with Gasteiger partial charge in [-0.05, 0) is 25.1 Å². The topological polar surface area (TPSA) is 43.8 Å². The molecule has 0 aliphatic heterocycles. The van der Waals surface area contributed by atoms with Crippen molar-refractivity contribution in [1.82, 2.24) is 9.78 Å². The second kappa shape index (κ2) is 4.80. The number of hydrogen-bond donors (Lipinski definition) is 1. The average Bonchev–Trinajstić information content (AvgIpc) is 2.77. The second-order valence-electron chi connectivity index (χ2n) is 3.76. The molecule has 2 N–H and O–H groups in total. The Bertz CT molecular complexity index is 479. The van der Waals surface area contributed by atoms with E-state index in [1.54, 1.807) is 0 Å². The van der Waals surface area contributed by atoms with E-state index >= 15 is 0 Å². The first-order chi connectivity index (χ1) is 7.72. The van der Waals surface area contributed by atoms with Gasteiger partial charge in [0.1, 0.15) is 0 Å². The Morgan fingerprint density at radius 2 is 2.25 bits per heavy atom. The van der Waals surface area contributed by atoms with E-state index in [1.165, 1.54) is 0 Å². The molecule has 0 saturated heterocycles. The van der Waals surface area contributed by atoms with Gasteiger partial charge < -0.3 is 5.73 Å². The molecular weight excluding hydrogens is 266 g/mol. The summed E-state index contributed by atoms with van der Waals surface area (Å²) >= 11 is 3.47. The zero-order chi connectivity index (χ0) is 11.5. The minimum atomic E-state index is 0.212. The van der Waals surface area contributed by atoms with Crippen LogP contribution in [0.5, 0.6) is 0 Å². The maximum Gasteiger partial charge on any atom is 0.0686 e. The van der Waals surface area contributed by atoms with Gasteiger partial charge in [0.05, 0.1) is 11.7 Å². The normalized spacial score (nSPS) is 12.7. The molecule has 84 valence electrons. The van der Waals surface area contributed by atoms with Crippen molar-refractivity contribution in [2.45, 2.75) is 13.0 Å². The van der Waals surface area contributed by atoms with Crippen molar-refractivity contribution < 1.29 is 0 Å². The van der Waals surface area contributed by atoms with Crippen LogP contribution in [-0.2, 0) is 0 Å². The van der Waals surface area contributed by atoms with E-state index in [0.717, 1.165) is 15.7 Å². The molecule has 0 spiro atoms. The standard InChI is InChI=1S/C12H14BrN3/c1-9(8-14)16-12(5-6-15-16)10-3-2-4-11(13)7-10/h2-7,9H,8,14H2,1H3. The summed E-state index contributed by atoms with van der Waals surface area (Å²) in [4.78, 5) is 0. The molecule has 3 nitrogen and oxygen atoms in total. The Morgan fingerprint density at radius 3 is 2.94 bits per heavy atom. The zero-order valence-corrected chi connectivity index (χ0v) is 10.7. The predicted octanol–water partition coefficient (Wildman–Crippen LogP) is 2.83. The summed E-state index contributed by atoms with van der Waals surface area (Å²) in [6, 6.07) is 10.4. The molecule has 4 heteroatoms. The van der Waals surface area contributed by atoms with Crippen molar-refractivity contribution in [3.63, 3.8) is 0 Å². The Labute approximate surface area is 103 Å². The van der Waals surface area contributed by atoms with Gasteiger partial charge in [0.2, 0.25) is 0 Å². The van der Waals surface area contributed by atoms with Gasteiger partial charge in [0.15, 0.2) is 0 Å². The molecule has 0 aliphatic rings. The molecule has 0 amide bonds. The molecule has 0 bridgehead atoms. The molecule has 1 heterocycles. The van der Waals surface area contributed by atoms with Crippen molar-refractivity contribution >= 4 is 15.9 Å². The number of rotatable bonds is 3. The van der Waals surface area contributed by atoms with E-state index < -0.39 is 0 Å². The lowest BCUT2D eigenvalue weighted by Gasteiger charge is -2.13. The molecule has 2 rings (SSSR count). The monoisotopic (exact) mass is 279 g/mol. The van der Waals surface area contributed by atoms with Crippen LogP contribution in [0.3, 0.4) is 0 Å². The highest BCUT2D eigenvalue weighted by Crippen LogP contribution is 2.24. The maximum atomic E-state index is 5.67. The zero-order valence-electron chi connectivity index (χ0n) is 9.10. The van der Waals surface area contributed by atoms with Gasteiger partial charge in [-0.2, -0.15) is 5.10 Å². The van der Waals surface area contributed by atoms with Crippen LogP contribution < -0.4 is 5.73 Å². The average molecular weight is 280 g/mol. The summed E-state index contributed by atoms with van der Waals surface area (Å²) in [5.41, 5.74) is 7.91. The van der Waals surface area contributed by atoms with Gasteiger partial charge in [-0.1, -0.05) is 28.1 Å². The third-order valence-corrected chi connectivity index (χ3v) is 3.04. The molecule has 0 fully saturated rings.